The summed E-state index contributed by atoms with van der Waals surface area (Å²) in [5, 5.41) is 3.10. The molecule has 1 aliphatic heterocycles. The van der Waals surface area contributed by atoms with Gasteiger partial charge in [-0.1, -0.05) is 30.3 Å². The fourth-order valence-corrected chi connectivity index (χ4v) is 4.22. The fourth-order valence-electron chi connectivity index (χ4n) is 3.21. The Morgan fingerprint density at radius 1 is 1.14 bits per heavy atom. The van der Waals surface area contributed by atoms with Crippen molar-refractivity contribution in [2.24, 2.45) is 0 Å². The van der Waals surface area contributed by atoms with E-state index in [-0.39, 0.29) is 18.0 Å². The fraction of sp³-hybridized carbons (Fsp3) is 0.429. The van der Waals surface area contributed by atoms with E-state index in [2.05, 4.69) is 5.32 Å². The number of hydrogen-bond acceptors (Lipinski definition) is 5. The lowest BCUT2D eigenvalue weighted by molar-refractivity contribution is 0.0861. The zero-order chi connectivity index (χ0) is 19.9. The lowest BCUT2D eigenvalue weighted by Crippen LogP contribution is -2.46. The van der Waals surface area contributed by atoms with E-state index < -0.39 is 0 Å². The molecule has 2 aromatic rings. The molecule has 0 saturated carbocycles. The first kappa shape index (κ1) is 20.2. The van der Waals surface area contributed by atoms with Crippen LogP contribution in [0.15, 0.2) is 36.4 Å². The van der Waals surface area contributed by atoms with Gasteiger partial charge in [-0.15, -0.1) is 11.3 Å². The van der Waals surface area contributed by atoms with Gasteiger partial charge in [0, 0.05) is 24.0 Å². The SMILES string of the molecule is CCOC(=O)N1CCC(NC(=O)c2sc(-c3ccccc3)cc2OCC)CC1. The number of likely N-dealkylation sites (tertiary alicyclic amines) is 1. The summed E-state index contributed by atoms with van der Waals surface area (Å²) in [4.78, 5) is 28.0. The molecular formula is C21H26N2O4S. The lowest BCUT2D eigenvalue weighted by atomic mass is 10.1. The van der Waals surface area contributed by atoms with Gasteiger partial charge in [0.15, 0.2) is 0 Å². The monoisotopic (exact) mass is 402 g/mol. The molecular weight excluding hydrogens is 376 g/mol. The Morgan fingerprint density at radius 3 is 2.50 bits per heavy atom. The van der Waals surface area contributed by atoms with Crippen LogP contribution >= 0.6 is 11.3 Å². The highest BCUT2D eigenvalue weighted by Gasteiger charge is 2.26. The Bertz CT molecular complexity index is 798. The molecule has 1 saturated heterocycles. The van der Waals surface area contributed by atoms with E-state index in [1.54, 1.807) is 11.8 Å². The van der Waals surface area contributed by atoms with Gasteiger partial charge >= 0.3 is 6.09 Å². The van der Waals surface area contributed by atoms with E-state index in [4.69, 9.17) is 9.47 Å². The van der Waals surface area contributed by atoms with Crippen LogP contribution in [0, 0.1) is 0 Å². The van der Waals surface area contributed by atoms with E-state index in [0.717, 1.165) is 10.4 Å². The van der Waals surface area contributed by atoms with Crippen LogP contribution in [0.2, 0.25) is 0 Å². The van der Waals surface area contributed by atoms with Crippen molar-refractivity contribution < 1.29 is 19.1 Å². The zero-order valence-electron chi connectivity index (χ0n) is 16.3. The molecule has 0 unspecified atom stereocenters. The van der Waals surface area contributed by atoms with Crippen LogP contribution in [-0.2, 0) is 4.74 Å². The van der Waals surface area contributed by atoms with Crippen LogP contribution < -0.4 is 10.1 Å². The van der Waals surface area contributed by atoms with Crippen molar-refractivity contribution in [1.82, 2.24) is 10.2 Å². The van der Waals surface area contributed by atoms with Crippen molar-refractivity contribution in [2.75, 3.05) is 26.3 Å². The Hall–Kier alpha value is -2.54. The topological polar surface area (TPSA) is 67.9 Å². The second-order valence-electron chi connectivity index (χ2n) is 6.54. The molecule has 2 amide bonds. The van der Waals surface area contributed by atoms with Gasteiger partial charge in [0.1, 0.15) is 10.6 Å². The number of carbonyl (C=O) groups is 2. The molecule has 7 heteroatoms. The minimum absolute atomic E-state index is 0.0370. The van der Waals surface area contributed by atoms with Crippen molar-refractivity contribution in [2.45, 2.75) is 32.7 Å². The summed E-state index contributed by atoms with van der Waals surface area (Å²) in [6.45, 7) is 5.75. The smallest absolute Gasteiger partial charge is 0.409 e. The maximum absolute atomic E-state index is 12.9. The summed E-state index contributed by atoms with van der Waals surface area (Å²) >= 11 is 1.44. The van der Waals surface area contributed by atoms with Gasteiger partial charge in [-0.25, -0.2) is 4.79 Å². The molecule has 1 fully saturated rings. The molecule has 0 bridgehead atoms. The Morgan fingerprint density at radius 2 is 1.86 bits per heavy atom. The number of benzene rings is 1. The highest BCUT2D eigenvalue weighted by molar-refractivity contribution is 7.17. The molecule has 3 rings (SSSR count). The second-order valence-corrected chi connectivity index (χ2v) is 7.59. The largest absolute Gasteiger partial charge is 0.492 e. The Balaban J connectivity index is 1.66. The number of ether oxygens (including phenoxy) is 2. The number of hydrogen-bond donors (Lipinski definition) is 1. The summed E-state index contributed by atoms with van der Waals surface area (Å²) in [5.41, 5.74) is 1.07. The van der Waals surface area contributed by atoms with Gasteiger partial charge in [-0.3, -0.25) is 4.79 Å². The van der Waals surface area contributed by atoms with Crippen molar-refractivity contribution in [3.05, 3.63) is 41.3 Å². The van der Waals surface area contributed by atoms with Crippen LogP contribution in [0.1, 0.15) is 36.4 Å². The number of amides is 2. The number of nitrogens with zero attached hydrogens (tertiary/aromatic N) is 1. The number of piperidine rings is 1. The third kappa shape index (κ3) is 4.84. The summed E-state index contributed by atoms with van der Waals surface area (Å²) in [6.07, 6.45) is 1.15. The summed E-state index contributed by atoms with van der Waals surface area (Å²) < 4.78 is 10.7. The summed E-state index contributed by atoms with van der Waals surface area (Å²) in [6, 6.07) is 11.9. The van der Waals surface area contributed by atoms with E-state index >= 15 is 0 Å². The molecule has 0 spiro atoms. The first-order valence-electron chi connectivity index (χ1n) is 9.67. The number of nitrogens with one attached hydrogen (secondary N) is 1. The predicted octanol–water partition coefficient (Wildman–Crippen LogP) is 4.16. The van der Waals surface area contributed by atoms with Crippen LogP contribution in [0.5, 0.6) is 5.75 Å². The van der Waals surface area contributed by atoms with Crippen LogP contribution in [0.25, 0.3) is 10.4 Å². The first-order valence-corrected chi connectivity index (χ1v) is 10.5. The maximum Gasteiger partial charge on any atom is 0.409 e. The third-order valence-corrected chi connectivity index (χ3v) is 5.78. The average Bonchev–Trinajstić information content (AvgIpc) is 3.14. The van der Waals surface area contributed by atoms with Gasteiger partial charge in [-0.05, 0) is 38.3 Å². The van der Waals surface area contributed by atoms with Gasteiger partial charge in [-0.2, -0.15) is 0 Å². The molecule has 28 heavy (non-hydrogen) atoms. The molecule has 0 atom stereocenters. The number of rotatable bonds is 6. The summed E-state index contributed by atoms with van der Waals surface area (Å²) in [5.74, 6) is 0.498. The zero-order valence-corrected chi connectivity index (χ0v) is 17.1. The quantitative estimate of drug-likeness (QED) is 0.788. The van der Waals surface area contributed by atoms with Gasteiger partial charge in [0.25, 0.3) is 5.91 Å². The van der Waals surface area contributed by atoms with Gasteiger partial charge in [0.05, 0.1) is 13.2 Å². The molecule has 6 nitrogen and oxygen atoms in total. The van der Waals surface area contributed by atoms with Crippen molar-refractivity contribution in [1.29, 1.82) is 0 Å². The Labute approximate surface area is 169 Å². The van der Waals surface area contributed by atoms with Crippen LogP contribution in [-0.4, -0.2) is 49.2 Å². The van der Waals surface area contributed by atoms with Gasteiger partial charge < -0.3 is 19.7 Å². The molecule has 0 radical (unpaired) electrons. The minimum atomic E-state index is -0.281. The number of carbonyl (C=O) groups excluding carboxylic acids is 2. The van der Waals surface area contributed by atoms with E-state index in [1.807, 2.05) is 43.3 Å². The summed E-state index contributed by atoms with van der Waals surface area (Å²) in [7, 11) is 0. The first-order chi connectivity index (χ1) is 13.6. The van der Waals surface area contributed by atoms with Crippen molar-refractivity contribution >= 4 is 23.3 Å². The predicted molar refractivity (Wildman–Crippen MR) is 110 cm³/mol. The lowest BCUT2D eigenvalue weighted by Gasteiger charge is -2.31. The third-order valence-electron chi connectivity index (χ3n) is 4.62. The Kier molecular flexibility index (Phi) is 6.92. The molecule has 150 valence electrons. The maximum atomic E-state index is 12.9. The standard InChI is InChI=1S/C21H26N2O4S/c1-3-26-17-14-18(15-8-6-5-7-9-15)28-19(17)20(24)22-16-10-12-23(13-11-16)21(25)27-4-2/h5-9,14,16H,3-4,10-13H2,1-2H3,(H,22,24). The molecule has 1 aromatic carbocycles. The molecule has 1 N–H and O–H groups in total. The van der Waals surface area contributed by atoms with E-state index in [0.29, 0.717) is 49.8 Å². The van der Waals surface area contributed by atoms with Crippen molar-refractivity contribution in [3.8, 4) is 16.2 Å². The number of thiophene rings is 1. The second kappa shape index (κ2) is 9.59. The van der Waals surface area contributed by atoms with E-state index in [1.165, 1.54) is 11.3 Å². The minimum Gasteiger partial charge on any atom is -0.492 e. The van der Waals surface area contributed by atoms with E-state index in [9.17, 15) is 9.59 Å². The molecule has 1 aromatic heterocycles. The molecule has 1 aliphatic rings. The molecule has 0 aliphatic carbocycles. The highest BCUT2D eigenvalue weighted by Crippen LogP contribution is 2.36. The highest BCUT2D eigenvalue weighted by atomic mass is 32.1. The molecule has 2 heterocycles. The van der Waals surface area contributed by atoms with Crippen molar-refractivity contribution in [3.63, 3.8) is 0 Å². The van der Waals surface area contributed by atoms with Gasteiger partial charge in [0.2, 0.25) is 0 Å². The normalized spacial score (nSPS) is 14.6. The van der Waals surface area contributed by atoms with Crippen LogP contribution in [0.3, 0.4) is 0 Å². The van der Waals surface area contributed by atoms with Crippen LogP contribution in [0.4, 0.5) is 4.79 Å². The average molecular weight is 403 g/mol.